The Balaban J connectivity index is 1.98. The topological polar surface area (TPSA) is 88.2 Å². The Morgan fingerprint density at radius 2 is 2.32 bits per heavy atom. The van der Waals surface area contributed by atoms with Gasteiger partial charge in [0.05, 0.1) is 24.1 Å². The molecular formula is C13H15N3O3. The molecule has 2 aromatic heterocycles. The molecule has 19 heavy (non-hydrogen) atoms. The Kier molecular flexibility index (Phi) is 3.91. The Bertz CT molecular complexity index is 567. The smallest absolute Gasteiger partial charge is 0.254 e. The summed E-state index contributed by atoms with van der Waals surface area (Å²) >= 11 is 0. The molecule has 100 valence electrons. The van der Waals surface area contributed by atoms with Crippen LogP contribution >= 0.6 is 0 Å². The van der Waals surface area contributed by atoms with Gasteiger partial charge < -0.3 is 14.8 Å². The van der Waals surface area contributed by atoms with Crippen LogP contribution in [0.1, 0.15) is 33.7 Å². The number of nitrogens with zero attached hydrogens (tertiary/aromatic N) is 2. The third-order valence-corrected chi connectivity index (χ3v) is 2.67. The van der Waals surface area contributed by atoms with Crippen LogP contribution in [-0.4, -0.2) is 27.5 Å². The summed E-state index contributed by atoms with van der Waals surface area (Å²) in [6, 6.07) is 3.33. The third-order valence-electron chi connectivity index (χ3n) is 2.67. The number of hydrogen-bond donors (Lipinski definition) is 2. The van der Waals surface area contributed by atoms with E-state index in [2.05, 4.69) is 15.3 Å². The van der Waals surface area contributed by atoms with E-state index in [0.717, 1.165) is 0 Å². The standard InChI is InChI=1S/C13H15N3O3/c1-8-10(6-14-9(2)16-8)13(18)15-7-11(17)12-4-3-5-19-12/h3-6,11,17H,7H2,1-2H3,(H,15,18). The molecule has 2 heterocycles. The van der Waals surface area contributed by atoms with Crippen molar-refractivity contribution >= 4 is 5.91 Å². The molecule has 0 spiro atoms. The highest BCUT2D eigenvalue weighted by atomic mass is 16.4. The van der Waals surface area contributed by atoms with Crippen LogP contribution in [-0.2, 0) is 0 Å². The van der Waals surface area contributed by atoms with Crippen molar-refractivity contribution in [2.45, 2.75) is 20.0 Å². The van der Waals surface area contributed by atoms with Gasteiger partial charge in [-0.15, -0.1) is 0 Å². The van der Waals surface area contributed by atoms with Gasteiger partial charge in [0.15, 0.2) is 0 Å². The third kappa shape index (κ3) is 3.17. The fourth-order valence-corrected chi connectivity index (χ4v) is 1.67. The van der Waals surface area contributed by atoms with Gasteiger partial charge in [0, 0.05) is 6.20 Å². The van der Waals surface area contributed by atoms with Crippen molar-refractivity contribution in [3.05, 3.63) is 47.4 Å². The van der Waals surface area contributed by atoms with Gasteiger partial charge in [0.25, 0.3) is 5.91 Å². The van der Waals surface area contributed by atoms with E-state index in [1.807, 2.05) is 0 Å². The SMILES string of the molecule is Cc1ncc(C(=O)NCC(O)c2ccco2)c(C)n1. The molecule has 1 unspecified atom stereocenters. The van der Waals surface area contributed by atoms with Crippen molar-refractivity contribution in [3.63, 3.8) is 0 Å². The summed E-state index contributed by atoms with van der Waals surface area (Å²) in [5.74, 6) is 0.713. The van der Waals surface area contributed by atoms with Crippen molar-refractivity contribution < 1.29 is 14.3 Å². The van der Waals surface area contributed by atoms with Crippen molar-refractivity contribution in [2.75, 3.05) is 6.54 Å². The number of rotatable bonds is 4. The predicted octanol–water partition coefficient (Wildman–Crippen LogP) is 1.15. The first-order valence-corrected chi connectivity index (χ1v) is 5.88. The van der Waals surface area contributed by atoms with Crippen LogP contribution in [0.2, 0.25) is 0 Å². The second-order valence-corrected chi connectivity index (χ2v) is 4.16. The van der Waals surface area contributed by atoms with Crippen LogP contribution in [0.4, 0.5) is 0 Å². The molecule has 0 aromatic carbocycles. The number of hydrogen-bond acceptors (Lipinski definition) is 5. The lowest BCUT2D eigenvalue weighted by atomic mass is 10.2. The molecular weight excluding hydrogens is 246 g/mol. The van der Waals surface area contributed by atoms with Gasteiger partial charge in [0.1, 0.15) is 17.7 Å². The summed E-state index contributed by atoms with van der Waals surface area (Å²) in [6.45, 7) is 3.57. The Morgan fingerprint density at radius 3 is 2.95 bits per heavy atom. The van der Waals surface area contributed by atoms with Crippen LogP contribution in [0, 0.1) is 13.8 Å². The summed E-state index contributed by atoms with van der Waals surface area (Å²) in [6.07, 6.45) is 2.08. The molecule has 1 atom stereocenters. The lowest BCUT2D eigenvalue weighted by Gasteiger charge is -2.10. The van der Waals surface area contributed by atoms with Gasteiger partial charge in [-0.3, -0.25) is 4.79 Å². The minimum absolute atomic E-state index is 0.0691. The van der Waals surface area contributed by atoms with Crippen molar-refractivity contribution in [1.82, 2.24) is 15.3 Å². The molecule has 1 amide bonds. The lowest BCUT2D eigenvalue weighted by Crippen LogP contribution is -2.29. The van der Waals surface area contributed by atoms with Crippen LogP contribution in [0.25, 0.3) is 0 Å². The van der Waals surface area contributed by atoms with E-state index in [1.165, 1.54) is 12.5 Å². The molecule has 0 saturated heterocycles. The first kappa shape index (κ1) is 13.2. The van der Waals surface area contributed by atoms with E-state index in [0.29, 0.717) is 22.8 Å². The van der Waals surface area contributed by atoms with Gasteiger partial charge in [-0.25, -0.2) is 9.97 Å². The van der Waals surface area contributed by atoms with Gasteiger partial charge in [-0.1, -0.05) is 0 Å². The van der Waals surface area contributed by atoms with Gasteiger partial charge in [-0.2, -0.15) is 0 Å². The Morgan fingerprint density at radius 1 is 1.53 bits per heavy atom. The van der Waals surface area contributed by atoms with Crippen LogP contribution in [0.3, 0.4) is 0 Å². The summed E-state index contributed by atoms with van der Waals surface area (Å²) in [4.78, 5) is 20.0. The zero-order chi connectivity index (χ0) is 13.8. The zero-order valence-corrected chi connectivity index (χ0v) is 10.8. The maximum Gasteiger partial charge on any atom is 0.254 e. The molecule has 2 rings (SSSR count). The molecule has 6 heteroatoms. The number of aliphatic hydroxyl groups excluding tert-OH is 1. The number of carbonyl (C=O) groups excluding carboxylic acids is 1. The molecule has 2 aromatic rings. The van der Waals surface area contributed by atoms with Crippen LogP contribution in [0.5, 0.6) is 0 Å². The number of amides is 1. The van der Waals surface area contributed by atoms with E-state index in [9.17, 15) is 9.90 Å². The van der Waals surface area contributed by atoms with Crippen LogP contribution < -0.4 is 5.32 Å². The molecule has 0 bridgehead atoms. The summed E-state index contributed by atoms with van der Waals surface area (Å²) in [7, 11) is 0. The van der Waals surface area contributed by atoms with Gasteiger partial charge in [-0.05, 0) is 26.0 Å². The summed E-state index contributed by atoms with van der Waals surface area (Å²) in [5.41, 5.74) is 1.01. The van der Waals surface area contributed by atoms with E-state index in [1.54, 1.807) is 26.0 Å². The van der Waals surface area contributed by atoms with Gasteiger partial charge in [0.2, 0.25) is 0 Å². The number of aliphatic hydroxyl groups is 1. The minimum Gasteiger partial charge on any atom is -0.467 e. The first-order chi connectivity index (χ1) is 9.08. The number of nitrogens with one attached hydrogen (secondary N) is 1. The summed E-state index contributed by atoms with van der Waals surface area (Å²) < 4.78 is 5.05. The quantitative estimate of drug-likeness (QED) is 0.862. The van der Waals surface area contributed by atoms with Gasteiger partial charge >= 0.3 is 0 Å². The molecule has 0 aliphatic carbocycles. The molecule has 0 fully saturated rings. The largest absolute Gasteiger partial charge is 0.467 e. The second-order valence-electron chi connectivity index (χ2n) is 4.16. The van der Waals surface area contributed by atoms with Crippen LogP contribution in [0.15, 0.2) is 29.0 Å². The van der Waals surface area contributed by atoms with Crippen molar-refractivity contribution in [3.8, 4) is 0 Å². The normalized spacial score (nSPS) is 12.2. The molecule has 0 aliphatic heterocycles. The van der Waals surface area contributed by atoms with E-state index in [4.69, 9.17) is 4.42 Å². The molecule has 0 aliphatic rings. The van der Waals surface area contributed by atoms with Crippen molar-refractivity contribution in [2.24, 2.45) is 0 Å². The van der Waals surface area contributed by atoms with E-state index >= 15 is 0 Å². The summed E-state index contributed by atoms with van der Waals surface area (Å²) in [5, 5.41) is 12.4. The molecule has 6 nitrogen and oxygen atoms in total. The Labute approximate surface area is 110 Å². The number of furan rings is 1. The fraction of sp³-hybridized carbons (Fsp3) is 0.308. The highest BCUT2D eigenvalue weighted by molar-refractivity contribution is 5.94. The number of aromatic nitrogens is 2. The second kappa shape index (κ2) is 5.62. The molecule has 0 saturated carbocycles. The van der Waals surface area contributed by atoms with E-state index < -0.39 is 6.10 Å². The monoisotopic (exact) mass is 261 g/mol. The highest BCUT2D eigenvalue weighted by Gasteiger charge is 2.15. The van der Waals surface area contributed by atoms with Crippen molar-refractivity contribution in [1.29, 1.82) is 0 Å². The van der Waals surface area contributed by atoms with E-state index in [-0.39, 0.29) is 12.5 Å². The average molecular weight is 261 g/mol. The average Bonchev–Trinajstić information content (AvgIpc) is 2.89. The Hall–Kier alpha value is -2.21. The predicted molar refractivity (Wildman–Crippen MR) is 67.5 cm³/mol. The number of carbonyl (C=O) groups is 1. The fourth-order valence-electron chi connectivity index (χ4n) is 1.67. The minimum atomic E-state index is -0.870. The lowest BCUT2D eigenvalue weighted by molar-refractivity contribution is 0.0899. The molecule has 0 radical (unpaired) electrons. The maximum absolute atomic E-state index is 11.9. The first-order valence-electron chi connectivity index (χ1n) is 5.88. The maximum atomic E-state index is 11.9. The molecule has 2 N–H and O–H groups in total. The number of aryl methyl sites for hydroxylation is 2. The highest BCUT2D eigenvalue weighted by Crippen LogP contribution is 2.12. The zero-order valence-electron chi connectivity index (χ0n) is 10.8.